The summed E-state index contributed by atoms with van der Waals surface area (Å²) in [6.07, 6.45) is 0. The first-order valence-corrected chi connectivity index (χ1v) is 7.76. The lowest BCUT2D eigenvalue weighted by Crippen LogP contribution is -1.92. The van der Waals surface area contributed by atoms with Crippen LogP contribution in [0.25, 0.3) is 11.1 Å². The SMILES string of the molecule is O=[N+]([O-])c1cc(Br)cc(-c2c(Br)cc([N+](=O)[O-])cc2Br)c1. The van der Waals surface area contributed by atoms with Crippen LogP contribution in [0.1, 0.15) is 0 Å². The van der Waals surface area contributed by atoms with Crippen LogP contribution in [-0.4, -0.2) is 9.85 Å². The smallest absolute Gasteiger partial charge is 0.258 e. The second kappa shape index (κ2) is 6.20. The van der Waals surface area contributed by atoms with Gasteiger partial charge in [-0.25, -0.2) is 0 Å². The lowest BCUT2D eigenvalue weighted by molar-refractivity contribution is -0.385. The van der Waals surface area contributed by atoms with E-state index in [9.17, 15) is 20.2 Å². The number of nitro benzene ring substituents is 2. The van der Waals surface area contributed by atoms with E-state index >= 15 is 0 Å². The quantitative estimate of drug-likeness (QED) is 0.431. The second-order valence-corrected chi connectivity index (χ2v) is 6.62. The second-order valence-electron chi connectivity index (χ2n) is 4.00. The summed E-state index contributed by atoms with van der Waals surface area (Å²) in [6, 6.07) is 7.20. The molecule has 0 N–H and O–H groups in total. The van der Waals surface area contributed by atoms with Crippen molar-refractivity contribution in [3.8, 4) is 11.1 Å². The van der Waals surface area contributed by atoms with Gasteiger partial charge in [-0.3, -0.25) is 20.2 Å². The fourth-order valence-corrected chi connectivity index (χ4v) is 3.87. The summed E-state index contributed by atoms with van der Waals surface area (Å²) in [5.74, 6) is 0. The van der Waals surface area contributed by atoms with Gasteiger partial charge in [0.2, 0.25) is 0 Å². The minimum Gasteiger partial charge on any atom is -0.258 e. The van der Waals surface area contributed by atoms with Gasteiger partial charge in [0.15, 0.2) is 0 Å². The Hall–Kier alpha value is -1.32. The molecule has 0 radical (unpaired) electrons. The standard InChI is InChI=1S/C12H5Br3N2O4/c13-7-1-6(2-8(3-7)16(18)19)12-10(14)4-9(17(20)21)5-11(12)15/h1-5H. The van der Waals surface area contributed by atoms with Gasteiger partial charge >= 0.3 is 0 Å². The lowest BCUT2D eigenvalue weighted by Gasteiger charge is -2.08. The van der Waals surface area contributed by atoms with E-state index in [4.69, 9.17) is 0 Å². The number of non-ortho nitro benzene ring substituents is 2. The molecule has 0 amide bonds. The molecule has 0 saturated carbocycles. The zero-order valence-electron chi connectivity index (χ0n) is 10.0. The molecule has 0 bridgehead atoms. The summed E-state index contributed by atoms with van der Waals surface area (Å²) < 4.78 is 1.48. The van der Waals surface area contributed by atoms with Crippen molar-refractivity contribution in [3.05, 3.63) is 64.0 Å². The van der Waals surface area contributed by atoms with Gasteiger partial charge in [0.05, 0.1) is 9.85 Å². The van der Waals surface area contributed by atoms with E-state index in [1.54, 1.807) is 6.07 Å². The summed E-state index contributed by atoms with van der Waals surface area (Å²) >= 11 is 9.76. The Balaban J connectivity index is 2.67. The van der Waals surface area contributed by atoms with Crippen molar-refractivity contribution in [1.82, 2.24) is 0 Å². The van der Waals surface area contributed by atoms with Gasteiger partial charge < -0.3 is 0 Å². The molecule has 0 heterocycles. The van der Waals surface area contributed by atoms with Gasteiger partial charge in [0.1, 0.15) is 0 Å². The Morgan fingerprint density at radius 1 is 0.762 bits per heavy atom. The van der Waals surface area contributed by atoms with Crippen LogP contribution in [-0.2, 0) is 0 Å². The monoisotopic (exact) mass is 478 g/mol. The predicted octanol–water partition coefficient (Wildman–Crippen LogP) is 5.46. The van der Waals surface area contributed by atoms with E-state index in [0.717, 1.165) is 0 Å². The summed E-state index contributed by atoms with van der Waals surface area (Å²) in [6.45, 7) is 0. The molecular formula is C12H5Br3N2O4. The highest BCUT2D eigenvalue weighted by Gasteiger charge is 2.18. The summed E-state index contributed by atoms with van der Waals surface area (Å²) in [5.41, 5.74) is 1.01. The van der Waals surface area contributed by atoms with Crippen molar-refractivity contribution in [2.24, 2.45) is 0 Å². The molecule has 6 nitrogen and oxygen atoms in total. The van der Waals surface area contributed by atoms with Crippen molar-refractivity contribution in [2.75, 3.05) is 0 Å². The third kappa shape index (κ3) is 3.47. The molecule has 0 spiro atoms. The molecule has 0 atom stereocenters. The minimum atomic E-state index is -0.511. The number of hydrogen-bond donors (Lipinski definition) is 0. The molecule has 21 heavy (non-hydrogen) atoms. The van der Waals surface area contributed by atoms with Gasteiger partial charge in [0.25, 0.3) is 11.4 Å². The highest BCUT2D eigenvalue weighted by atomic mass is 79.9. The first-order chi connectivity index (χ1) is 9.79. The normalized spacial score (nSPS) is 10.4. The first kappa shape index (κ1) is 16.1. The molecule has 2 rings (SSSR count). The molecule has 0 fully saturated rings. The molecule has 0 unspecified atom stereocenters. The maximum Gasteiger partial charge on any atom is 0.271 e. The molecule has 0 aliphatic rings. The van der Waals surface area contributed by atoms with Crippen LogP contribution in [0.3, 0.4) is 0 Å². The molecule has 0 aromatic heterocycles. The molecule has 2 aromatic rings. The van der Waals surface area contributed by atoms with E-state index in [0.29, 0.717) is 24.5 Å². The van der Waals surface area contributed by atoms with Crippen LogP contribution in [0.5, 0.6) is 0 Å². The number of rotatable bonds is 3. The summed E-state index contributed by atoms with van der Waals surface area (Å²) in [7, 11) is 0. The van der Waals surface area contributed by atoms with Crippen LogP contribution >= 0.6 is 47.8 Å². The Bertz CT molecular complexity index is 741. The molecule has 0 aliphatic carbocycles. The van der Waals surface area contributed by atoms with Crippen molar-refractivity contribution in [3.63, 3.8) is 0 Å². The van der Waals surface area contributed by atoms with E-state index in [-0.39, 0.29) is 11.4 Å². The summed E-state index contributed by atoms with van der Waals surface area (Å²) in [4.78, 5) is 20.7. The van der Waals surface area contributed by atoms with E-state index in [1.165, 1.54) is 24.3 Å². The highest BCUT2D eigenvalue weighted by Crippen LogP contribution is 2.40. The van der Waals surface area contributed by atoms with Gasteiger partial charge in [-0.2, -0.15) is 0 Å². The molecule has 2 aromatic carbocycles. The average molecular weight is 481 g/mol. The van der Waals surface area contributed by atoms with Crippen LogP contribution in [0.15, 0.2) is 43.7 Å². The fraction of sp³-hybridized carbons (Fsp3) is 0. The molecular weight excluding hydrogens is 476 g/mol. The maximum absolute atomic E-state index is 10.9. The van der Waals surface area contributed by atoms with Gasteiger partial charge in [-0.15, -0.1) is 0 Å². The Labute approximate surface area is 143 Å². The van der Waals surface area contributed by atoms with Crippen LogP contribution in [0.4, 0.5) is 11.4 Å². The minimum absolute atomic E-state index is 0.0727. The zero-order valence-corrected chi connectivity index (χ0v) is 14.8. The van der Waals surface area contributed by atoms with Crippen LogP contribution in [0, 0.1) is 20.2 Å². The third-order valence-corrected chi connectivity index (χ3v) is 4.33. The molecule has 0 saturated heterocycles. The number of nitrogens with zero attached hydrogens (tertiary/aromatic N) is 2. The fourth-order valence-electron chi connectivity index (χ4n) is 1.76. The van der Waals surface area contributed by atoms with Gasteiger partial charge in [-0.1, -0.05) is 15.9 Å². The summed E-state index contributed by atoms with van der Waals surface area (Å²) in [5, 5.41) is 21.7. The predicted molar refractivity (Wildman–Crippen MR) is 88.3 cm³/mol. The third-order valence-electron chi connectivity index (χ3n) is 2.62. The maximum atomic E-state index is 10.9. The van der Waals surface area contributed by atoms with Crippen molar-refractivity contribution in [2.45, 2.75) is 0 Å². The van der Waals surface area contributed by atoms with Crippen LogP contribution in [0.2, 0.25) is 0 Å². The lowest BCUT2D eigenvalue weighted by atomic mass is 10.0. The topological polar surface area (TPSA) is 86.3 Å². The Morgan fingerprint density at radius 2 is 1.24 bits per heavy atom. The van der Waals surface area contributed by atoms with Crippen molar-refractivity contribution < 1.29 is 9.85 Å². The van der Waals surface area contributed by atoms with Gasteiger partial charge in [-0.05, 0) is 43.5 Å². The van der Waals surface area contributed by atoms with E-state index in [2.05, 4.69) is 47.8 Å². The average Bonchev–Trinajstić information content (AvgIpc) is 2.36. The largest absolute Gasteiger partial charge is 0.271 e. The molecule has 0 aliphatic heterocycles. The van der Waals surface area contributed by atoms with Crippen molar-refractivity contribution >= 4 is 59.2 Å². The van der Waals surface area contributed by atoms with Crippen LogP contribution < -0.4 is 0 Å². The number of halogens is 3. The molecule has 9 heteroatoms. The number of nitro groups is 2. The zero-order chi connectivity index (χ0) is 15.7. The number of benzene rings is 2. The first-order valence-electron chi connectivity index (χ1n) is 5.38. The van der Waals surface area contributed by atoms with Crippen molar-refractivity contribution in [1.29, 1.82) is 0 Å². The van der Waals surface area contributed by atoms with Gasteiger partial charge in [0, 0.05) is 43.2 Å². The number of hydrogen-bond acceptors (Lipinski definition) is 4. The van der Waals surface area contributed by atoms with E-state index in [1.807, 2.05) is 0 Å². The Kier molecular flexibility index (Phi) is 4.74. The Morgan fingerprint density at radius 3 is 1.71 bits per heavy atom. The molecule has 108 valence electrons. The highest BCUT2D eigenvalue weighted by molar-refractivity contribution is 9.11. The van der Waals surface area contributed by atoms with E-state index < -0.39 is 9.85 Å².